The van der Waals surface area contributed by atoms with Gasteiger partial charge in [0.2, 0.25) is 0 Å². The van der Waals surface area contributed by atoms with Crippen LogP contribution in [0.25, 0.3) is 17.0 Å². The Hall–Kier alpha value is -1.73. The summed E-state index contributed by atoms with van der Waals surface area (Å²) >= 11 is 7.84. The molecule has 0 saturated carbocycles. The maximum absolute atomic E-state index is 12.8. The predicted molar refractivity (Wildman–Crippen MR) is 84.8 cm³/mol. The van der Waals surface area contributed by atoms with Crippen molar-refractivity contribution in [1.82, 2.24) is 14.4 Å². The molecule has 120 valence electrons. The Balaban J connectivity index is 2.19. The minimum absolute atomic E-state index is 0.114. The summed E-state index contributed by atoms with van der Waals surface area (Å²) in [7, 11) is 0. The number of thioether (sulfide) groups is 1. The lowest BCUT2D eigenvalue weighted by atomic mass is 10.3. The van der Waals surface area contributed by atoms with Gasteiger partial charge in [-0.2, -0.15) is 13.2 Å². The fourth-order valence-corrected chi connectivity index (χ4v) is 3.21. The average molecular weight is 358 g/mol. The molecule has 0 N–H and O–H groups in total. The van der Waals surface area contributed by atoms with Crippen LogP contribution < -0.4 is 0 Å². The van der Waals surface area contributed by atoms with E-state index in [-0.39, 0.29) is 5.15 Å². The molecule has 0 radical (unpaired) electrons. The molecule has 0 aliphatic heterocycles. The lowest BCUT2D eigenvalue weighted by Gasteiger charge is -2.07. The van der Waals surface area contributed by atoms with Gasteiger partial charge >= 0.3 is 6.18 Å². The van der Waals surface area contributed by atoms with Gasteiger partial charge in [0.1, 0.15) is 22.2 Å². The van der Waals surface area contributed by atoms with Crippen LogP contribution in [0.5, 0.6) is 0 Å². The molecule has 0 atom stereocenters. The van der Waals surface area contributed by atoms with E-state index in [2.05, 4.69) is 9.97 Å². The molecular formula is C15H11ClF3N3S. The topological polar surface area (TPSA) is 30.2 Å². The SMILES string of the molecule is CCSc1cccnc1-c1nc2ccc(C(F)(F)F)cn2c1Cl. The zero-order valence-electron chi connectivity index (χ0n) is 11.9. The van der Waals surface area contributed by atoms with Gasteiger partial charge in [0.05, 0.1) is 5.56 Å². The third-order valence-corrected chi connectivity index (χ3v) is 4.47. The van der Waals surface area contributed by atoms with Crippen molar-refractivity contribution < 1.29 is 13.2 Å². The molecule has 3 heterocycles. The molecule has 0 spiro atoms. The minimum atomic E-state index is -4.43. The van der Waals surface area contributed by atoms with E-state index in [4.69, 9.17) is 11.6 Å². The molecule has 0 amide bonds. The fraction of sp³-hybridized carbons (Fsp3) is 0.200. The van der Waals surface area contributed by atoms with Gasteiger partial charge in [-0.15, -0.1) is 11.8 Å². The van der Waals surface area contributed by atoms with E-state index in [1.165, 1.54) is 10.5 Å². The monoisotopic (exact) mass is 357 g/mol. The van der Waals surface area contributed by atoms with Crippen LogP contribution in [0, 0.1) is 0 Å². The van der Waals surface area contributed by atoms with Crippen LogP contribution in [-0.4, -0.2) is 20.1 Å². The van der Waals surface area contributed by atoms with Crippen molar-refractivity contribution in [3.05, 3.63) is 47.4 Å². The Morgan fingerprint density at radius 2 is 2.00 bits per heavy atom. The van der Waals surface area contributed by atoms with Crippen LogP contribution in [0.1, 0.15) is 12.5 Å². The van der Waals surface area contributed by atoms with E-state index < -0.39 is 11.7 Å². The van der Waals surface area contributed by atoms with Crippen molar-refractivity contribution in [2.24, 2.45) is 0 Å². The Bertz CT molecular complexity index is 861. The zero-order valence-corrected chi connectivity index (χ0v) is 13.5. The number of nitrogens with zero attached hydrogens (tertiary/aromatic N) is 3. The molecule has 8 heteroatoms. The highest BCUT2D eigenvalue weighted by molar-refractivity contribution is 7.99. The Kier molecular flexibility index (Phi) is 4.25. The minimum Gasteiger partial charge on any atom is -0.289 e. The molecule has 3 aromatic rings. The van der Waals surface area contributed by atoms with E-state index in [0.29, 0.717) is 17.0 Å². The van der Waals surface area contributed by atoms with Gasteiger partial charge in [-0.3, -0.25) is 9.38 Å². The van der Waals surface area contributed by atoms with Gasteiger partial charge in [0.25, 0.3) is 0 Å². The Morgan fingerprint density at radius 3 is 2.70 bits per heavy atom. The number of aromatic nitrogens is 3. The normalized spacial score (nSPS) is 12.0. The maximum Gasteiger partial charge on any atom is 0.417 e. The lowest BCUT2D eigenvalue weighted by molar-refractivity contribution is -0.137. The third kappa shape index (κ3) is 3.03. The molecule has 0 aliphatic rings. The van der Waals surface area contributed by atoms with E-state index in [1.807, 2.05) is 13.0 Å². The van der Waals surface area contributed by atoms with Crippen molar-refractivity contribution >= 4 is 29.0 Å². The van der Waals surface area contributed by atoms with Crippen molar-refractivity contribution in [2.75, 3.05) is 5.75 Å². The quantitative estimate of drug-likeness (QED) is 0.605. The summed E-state index contributed by atoms with van der Waals surface area (Å²) < 4.78 is 39.8. The summed E-state index contributed by atoms with van der Waals surface area (Å²) in [5.41, 5.74) is 0.514. The third-order valence-electron chi connectivity index (χ3n) is 3.18. The van der Waals surface area contributed by atoms with Gasteiger partial charge in [-0.1, -0.05) is 18.5 Å². The molecule has 23 heavy (non-hydrogen) atoms. The van der Waals surface area contributed by atoms with Crippen molar-refractivity contribution in [3.8, 4) is 11.4 Å². The van der Waals surface area contributed by atoms with Crippen LogP contribution in [0.3, 0.4) is 0 Å². The largest absolute Gasteiger partial charge is 0.417 e. The molecule has 0 aromatic carbocycles. The average Bonchev–Trinajstić information content (AvgIpc) is 2.84. The van der Waals surface area contributed by atoms with E-state index in [0.717, 1.165) is 22.9 Å². The van der Waals surface area contributed by atoms with E-state index in [9.17, 15) is 13.2 Å². The molecule has 3 rings (SSSR count). The molecule has 0 aliphatic carbocycles. The first-order valence-electron chi connectivity index (χ1n) is 6.74. The van der Waals surface area contributed by atoms with E-state index >= 15 is 0 Å². The summed E-state index contributed by atoms with van der Waals surface area (Å²) in [6.45, 7) is 2.00. The maximum atomic E-state index is 12.8. The number of pyridine rings is 2. The van der Waals surface area contributed by atoms with Crippen LogP contribution in [0.15, 0.2) is 41.6 Å². The second-order valence-electron chi connectivity index (χ2n) is 4.68. The van der Waals surface area contributed by atoms with Gasteiger partial charge < -0.3 is 0 Å². The molecule has 0 bridgehead atoms. The van der Waals surface area contributed by atoms with Crippen molar-refractivity contribution in [1.29, 1.82) is 0 Å². The Labute approximate surface area is 139 Å². The van der Waals surface area contributed by atoms with Gasteiger partial charge in [-0.25, -0.2) is 4.98 Å². The van der Waals surface area contributed by atoms with Gasteiger partial charge in [0, 0.05) is 17.3 Å². The van der Waals surface area contributed by atoms with Crippen LogP contribution in [0.4, 0.5) is 13.2 Å². The first-order chi connectivity index (χ1) is 10.9. The van der Waals surface area contributed by atoms with Gasteiger partial charge in [-0.05, 0) is 30.0 Å². The fourth-order valence-electron chi connectivity index (χ4n) is 2.17. The van der Waals surface area contributed by atoms with Crippen LogP contribution in [-0.2, 0) is 6.18 Å². The molecule has 3 aromatic heterocycles. The second kappa shape index (κ2) is 6.05. The standard InChI is InChI=1S/C15H11ClF3N3S/c1-2-23-10-4-3-7-20-12(10)13-14(16)22-8-9(15(17,18)19)5-6-11(22)21-13/h3-8H,2H2,1H3. The number of rotatable bonds is 3. The second-order valence-corrected chi connectivity index (χ2v) is 6.34. The predicted octanol–water partition coefficient (Wildman–Crippen LogP) is 5.18. The van der Waals surface area contributed by atoms with Gasteiger partial charge in [0.15, 0.2) is 0 Å². The highest BCUT2D eigenvalue weighted by Crippen LogP contribution is 2.35. The van der Waals surface area contributed by atoms with Crippen LogP contribution in [0.2, 0.25) is 5.15 Å². The number of alkyl halides is 3. The van der Waals surface area contributed by atoms with Crippen LogP contribution >= 0.6 is 23.4 Å². The molecular weight excluding hydrogens is 347 g/mol. The number of fused-ring (bicyclic) bond motifs is 1. The number of hydrogen-bond donors (Lipinski definition) is 0. The molecule has 0 saturated heterocycles. The summed E-state index contributed by atoms with van der Waals surface area (Å²) in [6, 6.07) is 5.97. The number of halogens is 4. The first kappa shape index (κ1) is 16.1. The highest BCUT2D eigenvalue weighted by Gasteiger charge is 2.31. The lowest BCUT2D eigenvalue weighted by Crippen LogP contribution is -2.06. The zero-order chi connectivity index (χ0) is 16.6. The summed E-state index contributed by atoms with van der Waals surface area (Å²) in [4.78, 5) is 9.51. The Morgan fingerprint density at radius 1 is 1.22 bits per heavy atom. The highest BCUT2D eigenvalue weighted by atomic mass is 35.5. The summed E-state index contributed by atoms with van der Waals surface area (Å²) in [6.07, 6.45) is -1.88. The summed E-state index contributed by atoms with van der Waals surface area (Å²) in [5, 5.41) is 0.114. The molecule has 0 fully saturated rings. The molecule has 3 nitrogen and oxygen atoms in total. The van der Waals surface area contributed by atoms with Crippen molar-refractivity contribution in [2.45, 2.75) is 18.0 Å². The number of imidazole rings is 1. The number of hydrogen-bond acceptors (Lipinski definition) is 3. The first-order valence-corrected chi connectivity index (χ1v) is 8.11. The van der Waals surface area contributed by atoms with Crippen molar-refractivity contribution in [3.63, 3.8) is 0 Å². The van der Waals surface area contributed by atoms with E-state index in [1.54, 1.807) is 24.0 Å². The summed E-state index contributed by atoms with van der Waals surface area (Å²) in [5.74, 6) is 0.835. The smallest absolute Gasteiger partial charge is 0.289 e. The molecule has 0 unspecified atom stereocenters.